The molecule has 0 unspecified atom stereocenters. The summed E-state index contributed by atoms with van der Waals surface area (Å²) in [6.07, 6.45) is 2.74. The van der Waals surface area contributed by atoms with Gasteiger partial charge in [0.1, 0.15) is 66.1 Å². The van der Waals surface area contributed by atoms with Crippen molar-refractivity contribution in [2.45, 2.75) is 93.4 Å². The number of hydrogen-bond donors (Lipinski definition) is 1. The molecule has 6 aliphatic rings. The van der Waals surface area contributed by atoms with Gasteiger partial charge in [-0.15, -0.1) is 0 Å². The van der Waals surface area contributed by atoms with Gasteiger partial charge in [-0.25, -0.2) is 0 Å². The van der Waals surface area contributed by atoms with Crippen LogP contribution < -0.4 is 5.73 Å². The molecule has 2 aromatic heterocycles. The molecule has 4 saturated heterocycles. The van der Waals surface area contributed by atoms with Gasteiger partial charge in [-0.2, -0.15) is 0 Å². The molecule has 12 nitrogen and oxygen atoms in total. The lowest BCUT2D eigenvalue weighted by molar-refractivity contribution is -0.125. The topological polar surface area (TPSA) is 151 Å². The standard InChI is InChI=1S/C19H20Cl2N2O4.C19H17Cl2NO5/c20-11-2-1-3-12(21)15(11)16-10(17(27-23-16)9-4-5-9)6-24-14-8-26-18-13(22)7-25-19(14)18;20-11-2-1-3-12(21)15(11)16-10(17(27-22-16)9-4-5-9)6-24-14-8-26-18-13(23)7-25-19(14)18/h1-3,9,13-14,18-19H,4-8,22H2;1-3,9,14,18-19H,4-8H2/t13-,14-,18-,19-;14-,18-,19-/m11/s1. The van der Waals surface area contributed by atoms with Crippen LogP contribution in [0.15, 0.2) is 45.4 Å². The molecule has 0 amide bonds. The number of carbonyl (C=O) groups is 1. The summed E-state index contributed by atoms with van der Waals surface area (Å²) < 4.78 is 46.2. The summed E-state index contributed by atoms with van der Waals surface area (Å²) in [5.74, 6) is 2.39. The minimum atomic E-state index is -0.516. The van der Waals surface area contributed by atoms with Crippen molar-refractivity contribution in [3.05, 3.63) is 79.1 Å². The van der Waals surface area contributed by atoms with Crippen LogP contribution in [-0.4, -0.2) is 85.2 Å². The maximum absolute atomic E-state index is 11.7. The summed E-state index contributed by atoms with van der Waals surface area (Å²) in [4.78, 5) is 11.7. The van der Waals surface area contributed by atoms with Crippen molar-refractivity contribution in [3.8, 4) is 22.5 Å². The van der Waals surface area contributed by atoms with E-state index in [0.29, 0.717) is 80.9 Å². The third-order valence-corrected chi connectivity index (χ3v) is 12.0. The number of rotatable bonds is 10. The van der Waals surface area contributed by atoms with Gasteiger partial charge >= 0.3 is 0 Å². The van der Waals surface area contributed by atoms with E-state index in [9.17, 15) is 4.79 Å². The number of benzene rings is 2. The zero-order valence-electron chi connectivity index (χ0n) is 28.9. The Morgan fingerprint density at radius 1 is 0.648 bits per heavy atom. The van der Waals surface area contributed by atoms with E-state index in [1.165, 1.54) is 0 Å². The van der Waals surface area contributed by atoms with Crippen molar-refractivity contribution in [2.24, 2.45) is 5.73 Å². The second-order valence-corrected chi connectivity index (χ2v) is 16.1. The van der Waals surface area contributed by atoms with E-state index in [-0.39, 0.29) is 55.6 Å². The number of carbonyl (C=O) groups excluding carboxylic acids is 1. The van der Waals surface area contributed by atoms with Crippen molar-refractivity contribution in [2.75, 3.05) is 26.4 Å². The molecule has 0 radical (unpaired) electrons. The zero-order chi connectivity index (χ0) is 37.1. The Labute approximate surface area is 330 Å². The molecular formula is C38H37Cl4N3O9. The van der Waals surface area contributed by atoms with Crippen LogP contribution in [-0.2, 0) is 46.4 Å². The Morgan fingerprint density at radius 3 is 1.65 bits per heavy atom. The van der Waals surface area contributed by atoms with Crippen LogP contribution in [0, 0.1) is 0 Å². The van der Waals surface area contributed by atoms with E-state index in [2.05, 4.69) is 10.3 Å². The number of nitrogens with zero attached hydrogens (tertiary/aromatic N) is 2. The van der Waals surface area contributed by atoms with Gasteiger partial charge < -0.3 is 43.2 Å². The first-order chi connectivity index (χ1) is 26.3. The van der Waals surface area contributed by atoms with Gasteiger partial charge in [-0.1, -0.05) is 68.8 Å². The van der Waals surface area contributed by atoms with E-state index in [1.54, 1.807) is 30.3 Å². The van der Waals surface area contributed by atoms with Gasteiger partial charge in [0, 0.05) is 34.1 Å². The molecule has 10 rings (SSSR count). The number of aromatic nitrogens is 2. The lowest BCUT2D eigenvalue weighted by atomic mass is 10.0. The average molecular weight is 822 g/mol. The highest BCUT2D eigenvalue weighted by Gasteiger charge is 2.49. The van der Waals surface area contributed by atoms with Crippen molar-refractivity contribution >= 4 is 52.2 Å². The smallest absolute Gasteiger partial charge is 0.189 e. The highest BCUT2D eigenvalue weighted by atomic mass is 35.5. The SMILES string of the molecule is N[C@@H]1CO[C@H]2[C@@H]1OC[C@H]2OCc1c(-c2c(Cl)cccc2Cl)noc1C1CC1.O=C1CO[C@H]2[C@@H]1OC[C@H]2OCc1c(-c2c(Cl)cccc2Cl)noc1C1CC1. The third-order valence-electron chi connectivity index (χ3n) is 10.7. The van der Waals surface area contributed by atoms with Gasteiger partial charge in [0.25, 0.3) is 0 Å². The van der Waals surface area contributed by atoms with Gasteiger partial charge in [-0.3, -0.25) is 4.79 Å². The molecule has 4 aliphatic heterocycles. The molecule has 16 heteroatoms. The molecule has 2 aromatic carbocycles. The Hall–Kier alpha value is -2.59. The fourth-order valence-corrected chi connectivity index (χ4v) is 8.72. The fraction of sp³-hybridized carbons (Fsp3) is 0.500. The molecule has 7 atom stereocenters. The minimum absolute atomic E-state index is 0.0294. The first-order valence-electron chi connectivity index (χ1n) is 18.1. The van der Waals surface area contributed by atoms with Crippen LogP contribution in [0.3, 0.4) is 0 Å². The second kappa shape index (κ2) is 15.4. The van der Waals surface area contributed by atoms with Crippen molar-refractivity contribution in [3.63, 3.8) is 0 Å². The van der Waals surface area contributed by atoms with Crippen LogP contribution in [0.4, 0.5) is 0 Å². The van der Waals surface area contributed by atoms with Crippen molar-refractivity contribution in [1.29, 1.82) is 0 Å². The van der Waals surface area contributed by atoms with E-state index in [0.717, 1.165) is 48.3 Å². The van der Waals surface area contributed by atoms with Gasteiger partial charge in [0.15, 0.2) is 5.78 Å². The van der Waals surface area contributed by atoms with Crippen LogP contribution in [0.5, 0.6) is 0 Å². The Bertz CT molecular complexity index is 1990. The van der Waals surface area contributed by atoms with Crippen LogP contribution in [0.25, 0.3) is 22.5 Å². The highest BCUT2D eigenvalue weighted by molar-refractivity contribution is 6.39. The summed E-state index contributed by atoms with van der Waals surface area (Å²) >= 11 is 25.5. The maximum Gasteiger partial charge on any atom is 0.189 e. The predicted molar refractivity (Wildman–Crippen MR) is 197 cm³/mol. The molecule has 286 valence electrons. The van der Waals surface area contributed by atoms with E-state index in [4.69, 9.17) is 89.6 Å². The zero-order valence-corrected chi connectivity index (χ0v) is 31.9. The molecule has 0 spiro atoms. The summed E-state index contributed by atoms with van der Waals surface area (Å²) in [6, 6.07) is 10.6. The molecule has 54 heavy (non-hydrogen) atoms. The van der Waals surface area contributed by atoms with Crippen LogP contribution in [0.1, 0.15) is 60.2 Å². The largest absolute Gasteiger partial charge is 0.371 e. The number of hydrogen-bond acceptors (Lipinski definition) is 12. The molecule has 0 bridgehead atoms. The molecular weight excluding hydrogens is 784 g/mol. The molecule has 4 aromatic rings. The molecule has 2 aliphatic carbocycles. The lowest BCUT2D eigenvalue weighted by Gasteiger charge is -2.17. The number of nitrogens with two attached hydrogens (primary N) is 1. The first kappa shape index (κ1) is 37.0. The normalized spacial score (nSPS) is 28.7. The van der Waals surface area contributed by atoms with Crippen LogP contribution >= 0.6 is 46.4 Å². The summed E-state index contributed by atoms with van der Waals surface area (Å²) in [5, 5.41) is 10.6. The van der Waals surface area contributed by atoms with Gasteiger partial charge in [-0.05, 0) is 49.9 Å². The summed E-state index contributed by atoms with van der Waals surface area (Å²) in [7, 11) is 0. The first-order valence-corrected chi connectivity index (χ1v) is 19.6. The maximum atomic E-state index is 11.7. The second-order valence-electron chi connectivity index (χ2n) is 14.4. The fourth-order valence-electron chi connectivity index (χ4n) is 7.57. The minimum Gasteiger partial charge on any atom is -0.371 e. The third kappa shape index (κ3) is 7.13. The number of halogens is 4. The number of Topliss-reactive ketones (excluding diaryl/α,β-unsaturated/α-hetero) is 1. The Balaban J connectivity index is 0.000000142. The number of fused-ring (bicyclic) bond motifs is 2. The highest BCUT2D eigenvalue weighted by Crippen LogP contribution is 2.48. The van der Waals surface area contributed by atoms with E-state index >= 15 is 0 Å². The quantitative estimate of drug-likeness (QED) is 0.171. The Morgan fingerprint density at radius 2 is 1.13 bits per heavy atom. The van der Waals surface area contributed by atoms with E-state index in [1.807, 2.05) is 6.07 Å². The molecule has 6 fully saturated rings. The Kier molecular flexibility index (Phi) is 10.6. The van der Waals surface area contributed by atoms with E-state index < -0.39 is 6.10 Å². The molecule has 2 saturated carbocycles. The number of ether oxygens (including phenoxy) is 6. The van der Waals surface area contributed by atoms with Crippen molar-refractivity contribution in [1.82, 2.24) is 10.3 Å². The molecule has 6 heterocycles. The van der Waals surface area contributed by atoms with Gasteiger partial charge in [0.2, 0.25) is 0 Å². The average Bonchev–Trinajstić information content (AvgIpc) is 3.84. The summed E-state index contributed by atoms with van der Waals surface area (Å²) in [6.45, 7) is 1.97. The summed E-state index contributed by atoms with van der Waals surface area (Å²) in [5.41, 5.74) is 10.3. The van der Waals surface area contributed by atoms with Gasteiger partial charge in [0.05, 0.1) is 59.2 Å². The monoisotopic (exact) mass is 819 g/mol. The van der Waals surface area contributed by atoms with Crippen LogP contribution in [0.2, 0.25) is 20.1 Å². The van der Waals surface area contributed by atoms with Crippen molar-refractivity contribution < 1.29 is 42.3 Å². The number of ketones is 1. The predicted octanol–water partition coefficient (Wildman–Crippen LogP) is 7.31. The molecule has 2 N–H and O–H groups in total. The lowest BCUT2D eigenvalue weighted by Crippen LogP contribution is -2.37.